The van der Waals surface area contributed by atoms with Gasteiger partial charge in [0, 0.05) is 15.5 Å². The Morgan fingerprint density at radius 1 is 1.22 bits per heavy atom. The third-order valence-corrected chi connectivity index (χ3v) is 4.14. The van der Waals surface area contributed by atoms with Crippen molar-refractivity contribution in [2.75, 3.05) is 6.54 Å². The molecule has 1 nitrogen and oxygen atoms in total. The third-order valence-electron chi connectivity index (χ3n) is 3.32. The van der Waals surface area contributed by atoms with E-state index in [2.05, 4.69) is 33.4 Å². The molecule has 0 amide bonds. The first-order valence-electron chi connectivity index (χ1n) is 6.62. The Morgan fingerprint density at radius 2 is 2.06 bits per heavy atom. The second kappa shape index (κ2) is 7.32. The van der Waals surface area contributed by atoms with Crippen LogP contribution in [0.5, 0.6) is 0 Å². The van der Waals surface area contributed by atoms with Crippen LogP contribution in [0.15, 0.2) is 28.7 Å². The smallest absolute Gasteiger partial charge is 0.0489 e. The minimum absolute atomic E-state index is 0.491. The fourth-order valence-electron chi connectivity index (χ4n) is 2.25. The summed E-state index contributed by atoms with van der Waals surface area (Å²) in [5.41, 5.74) is 1.09. The molecule has 1 aromatic rings. The summed E-state index contributed by atoms with van der Waals surface area (Å²) in [5.74, 6) is 0. The lowest BCUT2D eigenvalue weighted by molar-refractivity contribution is 0.465. The molecular formula is C15H19BrClN. The highest BCUT2D eigenvalue weighted by molar-refractivity contribution is 9.10. The molecule has 3 heteroatoms. The zero-order chi connectivity index (χ0) is 12.8. The summed E-state index contributed by atoms with van der Waals surface area (Å²) in [6, 6.07) is 6.50. The lowest BCUT2D eigenvalue weighted by atomic mass is 10.0. The summed E-state index contributed by atoms with van der Waals surface area (Å²) in [6.45, 7) is 1.13. The molecule has 1 atom stereocenters. The maximum Gasteiger partial charge on any atom is 0.0489 e. The molecule has 0 bridgehead atoms. The molecule has 1 aliphatic heterocycles. The summed E-state index contributed by atoms with van der Waals surface area (Å²) in [6.07, 6.45) is 11.0. The minimum Gasteiger partial charge on any atom is -0.311 e. The molecule has 1 saturated heterocycles. The molecule has 0 aromatic heterocycles. The molecule has 1 fully saturated rings. The summed E-state index contributed by atoms with van der Waals surface area (Å²) in [5, 5.41) is 4.38. The summed E-state index contributed by atoms with van der Waals surface area (Å²) in [7, 11) is 0. The predicted octanol–water partition coefficient (Wildman–Crippen LogP) is 5.04. The molecule has 1 unspecified atom stereocenters. The van der Waals surface area contributed by atoms with Crippen LogP contribution in [-0.4, -0.2) is 12.6 Å². The first-order valence-corrected chi connectivity index (χ1v) is 7.79. The van der Waals surface area contributed by atoms with Crippen LogP contribution in [0, 0.1) is 0 Å². The molecule has 1 aromatic carbocycles. The van der Waals surface area contributed by atoms with Gasteiger partial charge in [-0.05, 0) is 37.1 Å². The molecular weight excluding hydrogens is 310 g/mol. The van der Waals surface area contributed by atoms with Gasteiger partial charge in [0.25, 0.3) is 0 Å². The van der Waals surface area contributed by atoms with E-state index in [0.717, 1.165) is 21.6 Å². The monoisotopic (exact) mass is 327 g/mol. The van der Waals surface area contributed by atoms with Gasteiger partial charge in [-0.1, -0.05) is 65.0 Å². The van der Waals surface area contributed by atoms with E-state index >= 15 is 0 Å². The van der Waals surface area contributed by atoms with Gasteiger partial charge in [0.2, 0.25) is 0 Å². The van der Waals surface area contributed by atoms with Crippen molar-refractivity contribution >= 4 is 33.6 Å². The van der Waals surface area contributed by atoms with E-state index < -0.39 is 0 Å². The fourth-order valence-corrected chi connectivity index (χ4v) is 2.99. The van der Waals surface area contributed by atoms with Crippen LogP contribution < -0.4 is 5.32 Å². The lowest BCUT2D eigenvalue weighted by Crippen LogP contribution is -2.29. The molecule has 18 heavy (non-hydrogen) atoms. The summed E-state index contributed by atoms with van der Waals surface area (Å²) < 4.78 is 1.02. The Balaban J connectivity index is 1.99. The van der Waals surface area contributed by atoms with E-state index in [1.54, 1.807) is 0 Å². The van der Waals surface area contributed by atoms with Gasteiger partial charge in [-0.15, -0.1) is 0 Å². The Hall–Kier alpha value is -0.310. The third kappa shape index (κ3) is 4.42. The van der Waals surface area contributed by atoms with Crippen LogP contribution in [-0.2, 0) is 0 Å². The van der Waals surface area contributed by atoms with Crippen molar-refractivity contribution in [2.45, 2.75) is 38.1 Å². The van der Waals surface area contributed by atoms with Gasteiger partial charge in [0.05, 0.1) is 0 Å². The summed E-state index contributed by atoms with van der Waals surface area (Å²) in [4.78, 5) is 0. The second-order valence-electron chi connectivity index (χ2n) is 4.79. The van der Waals surface area contributed by atoms with Crippen LogP contribution >= 0.6 is 27.5 Å². The quantitative estimate of drug-likeness (QED) is 0.802. The molecule has 1 heterocycles. The average Bonchev–Trinajstić information content (AvgIpc) is 2.29. The molecule has 0 aliphatic carbocycles. The average molecular weight is 329 g/mol. The van der Waals surface area contributed by atoms with Crippen molar-refractivity contribution in [3.8, 4) is 0 Å². The van der Waals surface area contributed by atoms with E-state index in [4.69, 9.17) is 11.6 Å². The Morgan fingerprint density at radius 3 is 2.89 bits per heavy atom. The molecule has 0 saturated carbocycles. The second-order valence-corrected chi connectivity index (χ2v) is 6.11. The Bertz CT molecular complexity index is 409. The molecule has 2 rings (SSSR count). The fraction of sp³-hybridized carbons (Fsp3) is 0.467. The normalized spacial score (nSPS) is 21.8. The van der Waals surface area contributed by atoms with Crippen molar-refractivity contribution in [3.05, 3.63) is 39.3 Å². The number of benzene rings is 1. The van der Waals surface area contributed by atoms with Gasteiger partial charge in [0.1, 0.15) is 0 Å². The molecule has 1 N–H and O–H groups in total. The Labute approximate surface area is 123 Å². The van der Waals surface area contributed by atoms with E-state index in [0.29, 0.717) is 6.04 Å². The van der Waals surface area contributed by atoms with Crippen LogP contribution in [0.2, 0.25) is 5.02 Å². The summed E-state index contributed by atoms with van der Waals surface area (Å²) >= 11 is 9.63. The van der Waals surface area contributed by atoms with Crippen LogP contribution in [0.4, 0.5) is 0 Å². The molecule has 0 radical (unpaired) electrons. The highest BCUT2D eigenvalue weighted by Gasteiger charge is 2.07. The Kier molecular flexibility index (Phi) is 5.74. The standard InChI is InChI=1S/C15H19BrClN/c16-13-8-6-12(15(17)11-13)7-9-14-5-3-1-2-4-10-18-14/h6-9,11,14,18H,1-5,10H2/b9-7+. The van der Waals surface area contributed by atoms with Gasteiger partial charge < -0.3 is 5.32 Å². The number of hydrogen-bond acceptors (Lipinski definition) is 1. The first-order chi connectivity index (χ1) is 8.75. The van der Waals surface area contributed by atoms with Crippen molar-refractivity contribution in [1.82, 2.24) is 5.32 Å². The van der Waals surface area contributed by atoms with Crippen molar-refractivity contribution in [1.29, 1.82) is 0 Å². The SMILES string of the molecule is Clc1cc(Br)ccc1/C=C/C1CCCCCCN1. The van der Waals surface area contributed by atoms with Gasteiger partial charge in [-0.2, -0.15) is 0 Å². The number of rotatable bonds is 2. The van der Waals surface area contributed by atoms with Crippen molar-refractivity contribution < 1.29 is 0 Å². The first kappa shape index (κ1) is 14.1. The predicted molar refractivity (Wildman–Crippen MR) is 83.1 cm³/mol. The van der Waals surface area contributed by atoms with Gasteiger partial charge in [-0.25, -0.2) is 0 Å². The maximum absolute atomic E-state index is 6.20. The van der Waals surface area contributed by atoms with E-state index in [1.807, 2.05) is 18.2 Å². The molecule has 98 valence electrons. The van der Waals surface area contributed by atoms with Crippen molar-refractivity contribution in [3.63, 3.8) is 0 Å². The lowest BCUT2D eigenvalue weighted by Gasteiger charge is -2.18. The maximum atomic E-state index is 6.20. The number of halogens is 2. The minimum atomic E-state index is 0.491. The molecule has 0 spiro atoms. The van der Waals surface area contributed by atoms with Crippen LogP contribution in [0.3, 0.4) is 0 Å². The van der Waals surface area contributed by atoms with E-state index in [9.17, 15) is 0 Å². The topological polar surface area (TPSA) is 12.0 Å². The van der Waals surface area contributed by atoms with E-state index in [1.165, 1.54) is 32.1 Å². The van der Waals surface area contributed by atoms with Crippen molar-refractivity contribution in [2.24, 2.45) is 0 Å². The zero-order valence-electron chi connectivity index (χ0n) is 10.5. The highest BCUT2D eigenvalue weighted by Crippen LogP contribution is 2.23. The van der Waals surface area contributed by atoms with Gasteiger partial charge in [0.15, 0.2) is 0 Å². The number of hydrogen-bond donors (Lipinski definition) is 1. The van der Waals surface area contributed by atoms with Crippen LogP contribution in [0.25, 0.3) is 6.08 Å². The van der Waals surface area contributed by atoms with Crippen LogP contribution in [0.1, 0.15) is 37.7 Å². The highest BCUT2D eigenvalue weighted by atomic mass is 79.9. The number of nitrogens with one attached hydrogen (secondary N) is 1. The van der Waals surface area contributed by atoms with Gasteiger partial charge >= 0.3 is 0 Å². The molecule has 1 aliphatic rings. The van der Waals surface area contributed by atoms with E-state index in [-0.39, 0.29) is 0 Å². The zero-order valence-corrected chi connectivity index (χ0v) is 12.8. The van der Waals surface area contributed by atoms with Gasteiger partial charge in [-0.3, -0.25) is 0 Å². The largest absolute Gasteiger partial charge is 0.311 e.